The van der Waals surface area contributed by atoms with E-state index in [-0.39, 0.29) is 24.2 Å². The van der Waals surface area contributed by atoms with Crippen molar-refractivity contribution in [2.45, 2.75) is 31.3 Å². The summed E-state index contributed by atoms with van der Waals surface area (Å²) in [6.07, 6.45) is 0. The Hall–Kier alpha value is -2.69. The second-order valence-electron chi connectivity index (χ2n) is 9.20. The molecule has 0 radical (unpaired) electrons. The normalized spacial score (nSPS) is 18.6. The van der Waals surface area contributed by atoms with Crippen LogP contribution in [0, 0.1) is 0 Å². The number of hydrogen-bond donors (Lipinski definition) is 0. The van der Waals surface area contributed by atoms with Crippen molar-refractivity contribution in [1.82, 2.24) is 4.90 Å². The lowest BCUT2D eigenvalue weighted by molar-refractivity contribution is 0.0528. The monoisotopic (exact) mass is 467 g/mol. The van der Waals surface area contributed by atoms with Gasteiger partial charge in [-0.2, -0.15) is 0 Å². The molecule has 2 atom stereocenters. The SMILES string of the molecule is COc1ccc2c(c1)OC(C)(C)[C@@H](c1ccccc1)[C@@H]2c1ccc(OCCN(C)C)cc1.Cl. The molecule has 1 heterocycles. The van der Waals surface area contributed by atoms with Gasteiger partial charge in [0.1, 0.15) is 29.5 Å². The Morgan fingerprint density at radius 3 is 2.18 bits per heavy atom. The zero-order valence-electron chi connectivity index (χ0n) is 20.1. The number of likely N-dealkylation sites (N-methyl/N-ethyl adjacent to an activating group) is 1. The predicted molar refractivity (Wildman–Crippen MR) is 136 cm³/mol. The van der Waals surface area contributed by atoms with Crippen molar-refractivity contribution >= 4 is 12.4 Å². The maximum absolute atomic E-state index is 6.57. The van der Waals surface area contributed by atoms with Crippen LogP contribution in [-0.2, 0) is 0 Å². The largest absolute Gasteiger partial charge is 0.497 e. The van der Waals surface area contributed by atoms with Crippen molar-refractivity contribution in [2.24, 2.45) is 0 Å². The van der Waals surface area contributed by atoms with Crippen molar-refractivity contribution in [3.63, 3.8) is 0 Å². The lowest BCUT2D eigenvalue weighted by atomic mass is 9.68. The molecule has 33 heavy (non-hydrogen) atoms. The lowest BCUT2D eigenvalue weighted by Crippen LogP contribution is -2.43. The lowest BCUT2D eigenvalue weighted by Gasteiger charge is -2.45. The Morgan fingerprint density at radius 2 is 1.55 bits per heavy atom. The summed E-state index contributed by atoms with van der Waals surface area (Å²) < 4.78 is 18.0. The van der Waals surface area contributed by atoms with Crippen molar-refractivity contribution in [3.8, 4) is 17.2 Å². The molecular weight excluding hydrogens is 434 g/mol. The minimum Gasteiger partial charge on any atom is -0.497 e. The van der Waals surface area contributed by atoms with Gasteiger partial charge in [-0.15, -0.1) is 12.4 Å². The van der Waals surface area contributed by atoms with Gasteiger partial charge in [-0.1, -0.05) is 48.5 Å². The molecule has 3 aromatic rings. The van der Waals surface area contributed by atoms with Crippen molar-refractivity contribution < 1.29 is 14.2 Å². The third kappa shape index (κ3) is 5.45. The van der Waals surface area contributed by atoms with Crippen molar-refractivity contribution in [2.75, 3.05) is 34.4 Å². The number of hydrogen-bond acceptors (Lipinski definition) is 4. The summed E-state index contributed by atoms with van der Waals surface area (Å²) in [7, 11) is 5.79. The summed E-state index contributed by atoms with van der Waals surface area (Å²) >= 11 is 0. The first-order chi connectivity index (χ1) is 15.4. The number of rotatable bonds is 7. The van der Waals surface area contributed by atoms with Crippen LogP contribution in [0.15, 0.2) is 72.8 Å². The first-order valence-electron chi connectivity index (χ1n) is 11.2. The van der Waals surface area contributed by atoms with E-state index in [4.69, 9.17) is 14.2 Å². The van der Waals surface area contributed by atoms with Gasteiger partial charge in [0, 0.05) is 30.0 Å². The van der Waals surface area contributed by atoms with Crippen LogP contribution in [-0.4, -0.2) is 44.9 Å². The fourth-order valence-electron chi connectivity index (χ4n) is 4.66. The quantitative estimate of drug-likeness (QED) is 0.417. The molecule has 3 aromatic carbocycles. The smallest absolute Gasteiger partial charge is 0.127 e. The molecule has 0 aromatic heterocycles. The van der Waals surface area contributed by atoms with Gasteiger partial charge in [0.05, 0.1) is 7.11 Å². The number of methoxy groups -OCH3 is 1. The first-order valence-corrected chi connectivity index (χ1v) is 11.2. The van der Waals surface area contributed by atoms with E-state index in [2.05, 4.69) is 93.5 Å². The summed E-state index contributed by atoms with van der Waals surface area (Å²) in [5.74, 6) is 2.90. The Morgan fingerprint density at radius 1 is 0.879 bits per heavy atom. The highest BCUT2D eigenvalue weighted by molar-refractivity contribution is 5.85. The van der Waals surface area contributed by atoms with Crippen LogP contribution in [0.4, 0.5) is 0 Å². The predicted octanol–water partition coefficient (Wildman–Crippen LogP) is 6.14. The topological polar surface area (TPSA) is 30.9 Å². The fraction of sp³-hybridized carbons (Fsp3) is 0.357. The van der Waals surface area contributed by atoms with Gasteiger partial charge in [-0.05, 0) is 57.3 Å². The van der Waals surface area contributed by atoms with Crippen molar-refractivity contribution in [3.05, 3.63) is 89.5 Å². The molecule has 0 N–H and O–H groups in total. The van der Waals surface area contributed by atoms with Gasteiger partial charge >= 0.3 is 0 Å². The molecule has 0 amide bonds. The minimum absolute atomic E-state index is 0. The van der Waals surface area contributed by atoms with Gasteiger partial charge in [-0.3, -0.25) is 0 Å². The van der Waals surface area contributed by atoms with Crippen LogP contribution in [0.25, 0.3) is 0 Å². The van der Waals surface area contributed by atoms with E-state index in [1.165, 1.54) is 16.7 Å². The van der Waals surface area contributed by atoms with Crippen LogP contribution in [0.1, 0.15) is 42.4 Å². The summed E-state index contributed by atoms with van der Waals surface area (Å²) in [5, 5.41) is 0. The summed E-state index contributed by atoms with van der Waals surface area (Å²) in [6, 6.07) is 25.4. The number of nitrogens with zero attached hydrogens (tertiary/aromatic N) is 1. The molecule has 1 aliphatic rings. The molecule has 4 nitrogen and oxygen atoms in total. The standard InChI is InChI=1S/C28H33NO3.ClH/c1-28(2)27(21-9-7-6-8-10-21)26(24-16-15-23(30-5)19-25(24)32-28)20-11-13-22(14-12-20)31-18-17-29(3)4;/h6-16,19,26-27H,17-18H2,1-5H3;1H/t26-,27+;/m1./s1. The zero-order valence-corrected chi connectivity index (χ0v) is 20.9. The summed E-state index contributed by atoms with van der Waals surface area (Å²) in [4.78, 5) is 2.12. The molecule has 0 unspecified atom stereocenters. The maximum Gasteiger partial charge on any atom is 0.127 e. The van der Waals surface area contributed by atoms with E-state index in [9.17, 15) is 0 Å². The molecular formula is C28H34ClNO3. The van der Waals surface area contributed by atoms with E-state index in [0.717, 1.165) is 23.8 Å². The molecule has 0 bridgehead atoms. The van der Waals surface area contributed by atoms with Gasteiger partial charge in [0.15, 0.2) is 0 Å². The molecule has 0 saturated heterocycles. The molecule has 5 heteroatoms. The third-order valence-corrected chi connectivity index (χ3v) is 6.22. The molecule has 0 saturated carbocycles. The van der Waals surface area contributed by atoms with Crippen molar-refractivity contribution in [1.29, 1.82) is 0 Å². The molecule has 0 fully saturated rings. The van der Waals surface area contributed by atoms with Crippen LogP contribution < -0.4 is 14.2 Å². The number of ether oxygens (including phenoxy) is 3. The van der Waals surface area contributed by atoms with E-state index >= 15 is 0 Å². The maximum atomic E-state index is 6.57. The molecule has 0 aliphatic carbocycles. The van der Waals surface area contributed by atoms with E-state index < -0.39 is 5.60 Å². The zero-order chi connectivity index (χ0) is 22.7. The Labute approximate surface area is 203 Å². The molecule has 176 valence electrons. The van der Waals surface area contributed by atoms with Gasteiger partial charge < -0.3 is 19.1 Å². The average molecular weight is 468 g/mol. The van der Waals surface area contributed by atoms with Crippen LogP contribution in [0.2, 0.25) is 0 Å². The minimum atomic E-state index is -0.397. The molecule has 4 rings (SSSR count). The van der Waals surface area contributed by atoms with Gasteiger partial charge in [-0.25, -0.2) is 0 Å². The summed E-state index contributed by atoms with van der Waals surface area (Å²) in [5.41, 5.74) is 3.31. The average Bonchev–Trinajstić information content (AvgIpc) is 2.78. The molecule has 0 spiro atoms. The highest BCUT2D eigenvalue weighted by atomic mass is 35.5. The van der Waals surface area contributed by atoms with Crippen LogP contribution >= 0.6 is 12.4 Å². The Balaban J connectivity index is 0.00000306. The Kier molecular flexibility index (Phi) is 7.93. The van der Waals surface area contributed by atoms with Crippen LogP contribution in [0.5, 0.6) is 17.2 Å². The van der Waals surface area contributed by atoms with E-state index in [1.807, 2.05) is 12.1 Å². The Bertz CT molecular complexity index is 1030. The van der Waals surface area contributed by atoms with Crippen LogP contribution in [0.3, 0.4) is 0 Å². The third-order valence-electron chi connectivity index (χ3n) is 6.22. The highest BCUT2D eigenvalue weighted by Crippen LogP contribution is 2.53. The van der Waals surface area contributed by atoms with E-state index in [0.29, 0.717) is 6.61 Å². The van der Waals surface area contributed by atoms with E-state index in [1.54, 1.807) is 7.11 Å². The van der Waals surface area contributed by atoms with Gasteiger partial charge in [0.25, 0.3) is 0 Å². The fourth-order valence-corrected chi connectivity index (χ4v) is 4.66. The van der Waals surface area contributed by atoms with Gasteiger partial charge in [0.2, 0.25) is 0 Å². The number of fused-ring (bicyclic) bond motifs is 1. The molecule has 1 aliphatic heterocycles. The number of halogens is 1. The highest BCUT2D eigenvalue weighted by Gasteiger charge is 2.45. The second-order valence-corrected chi connectivity index (χ2v) is 9.20. The number of benzene rings is 3. The summed E-state index contributed by atoms with van der Waals surface area (Å²) in [6.45, 7) is 5.92. The second kappa shape index (κ2) is 10.5. The first kappa shape index (κ1) is 24.9.